The van der Waals surface area contributed by atoms with Crippen molar-refractivity contribution >= 4 is 23.7 Å². The minimum absolute atomic E-state index is 0.394. The van der Waals surface area contributed by atoms with Gasteiger partial charge in [-0.1, -0.05) is 19.1 Å². The average molecular weight is 357 g/mol. The highest BCUT2D eigenvalue weighted by molar-refractivity contribution is 6.03. The van der Waals surface area contributed by atoms with Gasteiger partial charge in [-0.15, -0.1) is 0 Å². The highest BCUT2D eigenvalue weighted by atomic mass is 19.1. The van der Waals surface area contributed by atoms with E-state index in [0.29, 0.717) is 12.3 Å². The van der Waals surface area contributed by atoms with Crippen LogP contribution in [0.15, 0.2) is 53.6 Å². The number of hydrogen-bond donors (Lipinski definition) is 2. The number of hydrogen-bond acceptors (Lipinski definition) is 4. The molecule has 0 atom stereocenters. The van der Waals surface area contributed by atoms with Crippen LogP contribution in [0.2, 0.25) is 0 Å². The van der Waals surface area contributed by atoms with E-state index in [1.165, 1.54) is 30.5 Å². The smallest absolute Gasteiger partial charge is 0.249 e. The van der Waals surface area contributed by atoms with Crippen LogP contribution in [0.25, 0.3) is 0 Å². The van der Waals surface area contributed by atoms with Crippen LogP contribution < -0.4 is 15.5 Å². The van der Waals surface area contributed by atoms with Crippen LogP contribution >= 0.6 is 0 Å². The number of ether oxygens (including phenoxy) is 1. The molecule has 0 unspecified atom stereocenters. The Kier molecular flexibility index (Phi) is 7.30. The van der Waals surface area contributed by atoms with E-state index in [1.54, 1.807) is 6.07 Å². The lowest BCUT2D eigenvalue weighted by Crippen LogP contribution is -2.24. The molecule has 2 rings (SSSR count). The molecule has 136 valence electrons. The molecule has 7 heteroatoms. The monoisotopic (exact) mass is 357 g/mol. The van der Waals surface area contributed by atoms with Gasteiger partial charge in [0.2, 0.25) is 11.8 Å². The molecule has 2 amide bonds. The number of hydrazone groups is 1. The van der Waals surface area contributed by atoms with Crippen molar-refractivity contribution in [2.24, 2.45) is 5.10 Å². The second-order valence-corrected chi connectivity index (χ2v) is 5.45. The van der Waals surface area contributed by atoms with Crippen LogP contribution in [0.5, 0.6) is 5.75 Å². The van der Waals surface area contributed by atoms with Crippen LogP contribution in [0.3, 0.4) is 0 Å². The summed E-state index contributed by atoms with van der Waals surface area (Å²) < 4.78 is 18.3. The van der Waals surface area contributed by atoms with Gasteiger partial charge in [0.25, 0.3) is 0 Å². The van der Waals surface area contributed by atoms with Gasteiger partial charge in [0.05, 0.1) is 12.8 Å². The Morgan fingerprint density at radius 2 is 1.92 bits per heavy atom. The van der Waals surface area contributed by atoms with Gasteiger partial charge in [0.15, 0.2) is 0 Å². The van der Waals surface area contributed by atoms with Gasteiger partial charge in [-0.2, -0.15) is 5.10 Å². The molecule has 6 nitrogen and oxygen atoms in total. The molecule has 2 aromatic rings. The highest BCUT2D eigenvalue weighted by Crippen LogP contribution is 2.12. The quantitative estimate of drug-likeness (QED) is 0.433. The number of benzene rings is 2. The molecule has 0 aromatic heterocycles. The molecule has 0 bridgehead atoms. The molecule has 0 aliphatic heterocycles. The van der Waals surface area contributed by atoms with Crippen LogP contribution in [0.4, 0.5) is 10.1 Å². The van der Waals surface area contributed by atoms with Gasteiger partial charge in [-0.25, -0.2) is 9.82 Å². The van der Waals surface area contributed by atoms with Crippen molar-refractivity contribution in [2.45, 2.75) is 19.8 Å². The van der Waals surface area contributed by atoms with Crippen molar-refractivity contribution in [3.63, 3.8) is 0 Å². The van der Waals surface area contributed by atoms with Crippen molar-refractivity contribution in [1.29, 1.82) is 0 Å². The summed E-state index contributed by atoms with van der Waals surface area (Å²) in [6, 6.07) is 12.5. The van der Waals surface area contributed by atoms with Gasteiger partial charge >= 0.3 is 0 Å². The van der Waals surface area contributed by atoms with E-state index in [1.807, 2.05) is 25.1 Å². The van der Waals surface area contributed by atoms with Gasteiger partial charge in [-0.3, -0.25) is 9.59 Å². The van der Waals surface area contributed by atoms with E-state index in [2.05, 4.69) is 15.8 Å². The normalized spacial score (nSPS) is 10.5. The third-order valence-corrected chi connectivity index (χ3v) is 3.18. The number of nitrogens with one attached hydrogen (secondary N) is 2. The van der Waals surface area contributed by atoms with E-state index in [-0.39, 0.29) is 0 Å². The van der Waals surface area contributed by atoms with Crippen LogP contribution in [-0.2, 0) is 9.59 Å². The highest BCUT2D eigenvalue weighted by Gasteiger charge is 2.09. The van der Waals surface area contributed by atoms with Crippen LogP contribution in [0, 0.1) is 5.82 Å². The molecule has 2 N–H and O–H groups in total. The molecule has 2 aromatic carbocycles. The summed E-state index contributed by atoms with van der Waals surface area (Å²) >= 11 is 0. The minimum atomic E-state index is -0.556. The molecule has 0 heterocycles. The number of anilines is 1. The number of halogens is 1. The first-order valence-corrected chi connectivity index (χ1v) is 8.17. The molecule has 0 aliphatic carbocycles. The Balaban J connectivity index is 1.79. The summed E-state index contributed by atoms with van der Waals surface area (Å²) in [6.45, 7) is 2.65. The second kappa shape index (κ2) is 9.93. The van der Waals surface area contributed by atoms with Crippen molar-refractivity contribution < 1.29 is 18.7 Å². The van der Waals surface area contributed by atoms with E-state index < -0.39 is 24.1 Å². The molecule has 0 aliphatic rings. The fraction of sp³-hybridized carbons (Fsp3) is 0.211. The third kappa shape index (κ3) is 6.72. The van der Waals surface area contributed by atoms with E-state index >= 15 is 0 Å². The lowest BCUT2D eigenvalue weighted by atomic mass is 10.2. The second-order valence-electron chi connectivity index (χ2n) is 5.45. The van der Waals surface area contributed by atoms with E-state index in [9.17, 15) is 14.0 Å². The van der Waals surface area contributed by atoms with Gasteiger partial charge in [0.1, 0.15) is 18.0 Å². The molecular formula is C19H20FN3O3. The Hall–Kier alpha value is -3.22. The first-order valence-electron chi connectivity index (χ1n) is 8.17. The summed E-state index contributed by atoms with van der Waals surface area (Å²) in [5.41, 5.74) is 3.46. The average Bonchev–Trinajstić information content (AvgIpc) is 2.62. The van der Waals surface area contributed by atoms with Crippen molar-refractivity contribution in [2.75, 3.05) is 11.9 Å². The predicted molar refractivity (Wildman–Crippen MR) is 97.6 cm³/mol. The fourth-order valence-corrected chi connectivity index (χ4v) is 2.01. The lowest BCUT2D eigenvalue weighted by molar-refractivity contribution is -0.126. The van der Waals surface area contributed by atoms with E-state index in [0.717, 1.165) is 17.7 Å². The zero-order valence-electron chi connectivity index (χ0n) is 14.4. The van der Waals surface area contributed by atoms with E-state index in [4.69, 9.17) is 4.74 Å². The minimum Gasteiger partial charge on any atom is -0.494 e. The SMILES string of the molecule is CCCOc1cccc(C=NNC(=O)CC(=O)Nc2ccc(F)cc2)c1. The van der Waals surface area contributed by atoms with Crippen LogP contribution in [-0.4, -0.2) is 24.6 Å². The Morgan fingerprint density at radius 1 is 1.15 bits per heavy atom. The van der Waals surface area contributed by atoms with Crippen molar-refractivity contribution in [3.8, 4) is 5.75 Å². The summed E-state index contributed by atoms with van der Waals surface area (Å²) in [5, 5.41) is 6.33. The predicted octanol–water partition coefficient (Wildman–Crippen LogP) is 3.09. The molecular weight excluding hydrogens is 337 g/mol. The zero-order valence-corrected chi connectivity index (χ0v) is 14.4. The molecule has 0 radical (unpaired) electrons. The zero-order chi connectivity index (χ0) is 18.8. The standard InChI is InChI=1S/C19H20FN3O3/c1-2-10-26-17-5-3-4-14(11-17)13-21-23-19(25)12-18(24)22-16-8-6-15(20)7-9-16/h3-9,11,13H,2,10,12H2,1H3,(H,22,24)(H,23,25). The molecule has 0 fully saturated rings. The fourth-order valence-electron chi connectivity index (χ4n) is 2.01. The first-order chi connectivity index (χ1) is 12.6. The number of amides is 2. The maximum Gasteiger partial charge on any atom is 0.249 e. The van der Waals surface area contributed by atoms with Gasteiger partial charge in [-0.05, 0) is 48.4 Å². The summed E-state index contributed by atoms with van der Waals surface area (Å²) in [4.78, 5) is 23.5. The molecule has 0 spiro atoms. The lowest BCUT2D eigenvalue weighted by Gasteiger charge is -2.05. The van der Waals surface area contributed by atoms with Gasteiger partial charge in [0, 0.05) is 5.69 Å². The van der Waals surface area contributed by atoms with Gasteiger partial charge < -0.3 is 10.1 Å². The van der Waals surface area contributed by atoms with Crippen LogP contribution in [0.1, 0.15) is 25.3 Å². The topological polar surface area (TPSA) is 79.8 Å². The number of nitrogens with zero attached hydrogens (tertiary/aromatic N) is 1. The summed E-state index contributed by atoms with van der Waals surface area (Å²) in [5.74, 6) is -0.751. The summed E-state index contributed by atoms with van der Waals surface area (Å²) in [6.07, 6.45) is 1.98. The third-order valence-electron chi connectivity index (χ3n) is 3.18. The number of carbonyl (C=O) groups excluding carboxylic acids is 2. The largest absolute Gasteiger partial charge is 0.494 e. The molecule has 0 saturated heterocycles. The Labute approximate surface area is 151 Å². The summed E-state index contributed by atoms with van der Waals surface area (Å²) in [7, 11) is 0. The Morgan fingerprint density at radius 3 is 2.65 bits per heavy atom. The maximum atomic E-state index is 12.8. The molecule has 0 saturated carbocycles. The maximum absolute atomic E-state index is 12.8. The molecule has 26 heavy (non-hydrogen) atoms. The van der Waals surface area contributed by atoms with Crippen molar-refractivity contribution in [1.82, 2.24) is 5.43 Å². The first kappa shape index (κ1) is 19.1. The number of rotatable bonds is 8. The van der Waals surface area contributed by atoms with Crippen molar-refractivity contribution in [3.05, 3.63) is 59.9 Å². The Bertz CT molecular complexity index is 776. The number of carbonyl (C=O) groups is 2.